The molecule has 42 valence electrons. The first-order valence-electron chi connectivity index (χ1n) is 2.34. The van der Waals surface area contributed by atoms with Crippen molar-refractivity contribution in [3.8, 4) is 0 Å². The molecule has 0 radical (unpaired) electrons. The predicted molar refractivity (Wildman–Crippen MR) is 31.0 cm³/mol. The number of aldehydes is 1. The van der Waals surface area contributed by atoms with Crippen LogP contribution >= 0.6 is 0 Å². The van der Waals surface area contributed by atoms with Gasteiger partial charge in [0.25, 0.3) is 0 Å². The van der Waals surface area contributed by atoms with Crippen LogP contribution in [-0.2, 0) is 9.22 Å². The van der Waals surface area contributed by atoms with Crippen LogP contribution in [0.1, 0.15) is 6.42 Å². The highest BCUT2D eigenvalue weighted by Crippen LogP contribution is 1.81. The normalized spacial score (nSPS) is 10.4. The fourth-order valence-corrected chi connectivity index (χ4v) is 0.933. The molecule has 0 spiro atoms. The van der Waals surface area contributed by atoms with Crippen LogP contribution in [0.25, 0.3) is 0 Å². The van der Waals surface area contributed by atoms with E-state index in [-0.39, 0.29) is 9.76 Å². The van der Waals surface area contributed by atoms with Crippen molar-refractivity contribution >= 4 is 16.0 Å². The lowest BCUT2D eigenvalue weighted by Gasteiger charge is -1.87. The van der Waals surface area contributed by atoms with Crippen LogP contribution in [0, 0.1) is 0 Å². The molecule has 0 bridgehead atoms. The van der Waals surface area contributed by atoms with Gasteiger partial charge in [-0.25, -0.2) is 0 Å². The van der Waals surface area contributed by atoms with Crippen molar-refractivity contribution in [3.05, 3.63) is 0 Å². The van der Waals surface area contributed by atoms with Gasteiger partial charge in [-0.2, -0.15) is 0 Å². The monoisotopic (exact) mass is 118 g/mol. The van der Waals surface area contributed by atoms with Crippen molar-refractivity contribution < 1.29 is 9.22 Å². The highest BCUT2D eigenvalue weighted by molar-refractivity contribution is 6.27. The first-order chi connectivity index (χ1) is 3.41. The van der Waals surface area contributed by atoms with Crippen LogP contribution in [0.15, 0.2) is 0 Å². The third kappa shape index (κ3) is 5.85. The Morgan fingerprint density at radius 2 is 2.57 bits per heavy atom. The highest BCUT2D eigenvalue weighted by atomic mass is 28.2. The van der Waals surface area contributed by atoms with E-state index in [4.69, 9.17) is 4.43 Å². The van der Waals surface area contributed by atoms with Gasteiger partial charge in [0.05, 0.1) is 0 Å². The molecule has 0 aromatic carbocycles. The van der Waals surface area contributed by atoms with Crippen molar-refractivity contribution in [1.29, 1.82) is 0 Å². The number of carbonyl (C=O) groups excluding carboxylic acids is 1. The van der Waals surface area contributed by atoms with Crippen LogP contribution < -0.4 is 0 Å². The summed E-state index contributed by atoms with van der Waals surface area (Å²) < 4.78 is 4.82. The maximum atomic E-state index is 9.65. The van der Waals surface area contributed by atoms with E-state index >= 15 is 0 Å². The second kappa shape index (κ2) is 5.85. The van der Waals surface area contributed by atoms with E-state index in [0.717, 1.165) is 12.3 Å². The third-order valence-corrected chi connectivity index (χ3v) is 1.78. The molecule has 0 aliphatic rings. The summed E-state index contributed by atoms with van der Waals surface area (Å²) in [5.41, 5.74) is 0. The number of hydrogen-bond donors (Lipinski definition) is 0. The summed E-state index contributed by atoms with van der Waals surface area (Å²) in [5, 5.41) is 0. The minimum absolute atomic E-state index is 0.321. The fraction of sp³-hybridized carbons (Fsp3) is 0.750. The van der Waals surface area contributed by atoms with E-state index < -0.39 is 0 Å². The Morgan fingerprint density at radius 1 is 1.86 bits per heavy atom. The van der Waals surface area contributed by atoms with Gasteiger partial charge >= 0.3 is 0 Å². The Hall–Kier alpha value is -0.153. The molecule has 2 nitrogen and oxygen atoms in total. The summed E-state index contributed by atoms with van der Waals surface area (Å²) in [6, 6.07) is 0.986. The molecule has 0 rings (SSSR count). The zero-order valence-electron chi connectivity index (χ0n) is 4.52. The second-order valence-electron chi connectivity index (χ2n) is 1.30. The van der Waals surface area contributed by atoms with Crippen molar-refractivity contribution in [2.75, 3.05) is 7.11 Å². The van der Waals surface area contributed by atoms with Gasteiger partial charge < -0.3 is 9.22 Å². The predicted octanol–water partition coefficient (Wildman–Crippen LogP) is -0.276. The molecule has 3 heteroatoms. The molecular weight excluding hydrogens is 108 g/mol. The molecule has 0 N–H and O–H groups in total. The van der Waals surface area contributed by atoms with Crippen LogP contribution in [-0.4, -0.2) is 23.2 Å². The summed E-state index contributed by atoms with van der Waals surface area (Å²) in [7, 11) is 1.37. The number of carbonyl (C=O) groups is 1. The van der Waals surface area contributed by atoms with Gasteiger partial charge in [0.1, 0.15) is 6.29 Å². The highest BCUT2D eigenvalue weighted by Gasteiger charge is 1.81. The maximum Gasteiger partial charge on any atom is 0.161 e. The standard InChI is InChI=1S/C4H10O2Si/c1-6-7-4-2-3-5/h3H,2,4,7H2,1H3. The molecule has 0 aromatic heterocycles. The Morgan fingerprint density at radius 3 is 3.00 bits per heavy atom. The van der Waals surface area contributed by atoms with Crippen molar-refractivity contribution in [1.82, 2.24) is 0 Å². The Balaban J connectivity index is 2.56. The fourth-order valence-electron chi connectivity index (χ4n) is 0.311. The molecule has 0 aliphatic heterocycles. The smallest absolute Gasteiger partial charge is 0.161 e. The Labute approximate surface area is 45.8 Å². The molecule has 0 saturated carbocycles. The van der Waals surface area contributed by atoms with Crippen LogP contribution in [0.4, 0.5) is 0 Å². The molecule has 0 aliphatic carbocycles. The minimum atomic E-state index is -0.321. The van der Waals surface area contributed by atoms with E-state index in [1.807, 2.05) is 0 Å². The van der Waals surface area contributed by atoms with Gasteiger partial charge in [-0.05, 0) is 6.04 Å². The van der Waals surface area contributed by atoms with E-state index in [1.165, 1.54) is 0 Å². The summed E-state index contributed by atoms with van der Waals surface area (Å²) in [6.07, 6.45) is 1.62. The first-order valence-corrected chi connectivity index (χ1v) is 3.92. The molecule has 7 heavy (non-hydrogen) atoms. The average molecular weight is 118 g/mol. The molecule has 0 fully saturated rings. The quantitative estimate of drug-likeness (QED) is 0.288. The zero-order valence-corrected chi connectivity index (χ0v) is 5.93. The maximum absolute atomic E-state index is 9.65. The summed E-state index contributed by atoms with van der Waals surface area (Å²) in [5.74, 6) is 0. The van der Waals surface area contributed by atoms with Gasteiger partial charge in [0.15, 0.2) is 9.76 Å². The minimum Gasteiger partial charge on any atom is -0.427 e. The lowest BCUT2D eigenvalue weighted by molar-refractivity contribution is -0.107. The lowest BCUT2D eigenvalue weighted by atomic mass is 10.6. The largest absolute Gasteiger partial charge is 0.427 e. The zero-order chi connectivity index (χ0) is 5.54. The van der Waals surface area contributed by atoms with E-state index in [2.05, 4.69) is 0 Å². The van der Waals surface area contributed by atoms with Gasteiger partial charge in [0, 0.05) is 13.5 Å². The lowest BCUT2D eigenvalue weighted by Crippen LogP contribution is -1.91. The molecule has 0 aromatic rings. The SMILES string of the molecule is CO[SiH2]CCC=O. The molecule has 0 unspecified atom stereocenters. The van der Waals surface area contributed by atoms with Gasteiger partial charge in [0.2, 0.25) is 0 Å². The molecule has 0 amide bonds. The van der Waals surface area contributed by atoms with E-state index in [0.29, 0.717) is 6.42 Å². The van der Waals surface area contributed by atoms with Crippen LogP contribution in [0.5, 0.6) is 0 Å². The van der Waals surface area contributed by atoms with E-state index in [1.54, 1.807) is 7.11 Å². The molecular formula is C4H10O2Si. The van der Waals surface area contributed by atoms with Crippen molar-refractivity contribution in [2.45, 2.75) is 12.5 Å². The van der Waals surface area contributed by atoms with Crippen LogP contribution in [0.2, 0.25) is 6.04 Å². The molecule has 0 atom stereocenters. The summed E-state index contributed by atoms with van der Waals surface area (Å²) in [4.78, 5) is 9.65. The summed E-state index contributed by atoms with van der Waals surface area (Å²) >= 11 is 0. The third-order valence-electron chi connectivity index (χ3n) is 0.670. The first kappa shape index (κ1) is 6.85. The number of hydrogen-bond acceptors (Lipinski definition) is 2. The topological polar surface area (TPSA) is 26.3 Å². The van der Waals surface area contributed by atoms with Crippen molar-refractivity contribution in [2.24, 2.45) is 0 Å². The average Bonchev–Trinajstić information content (AvgIpc) is 1.69. The Kier molecular flexibility index (Phi) is 5.72. The Bertz CT molecular complexity index is 47.0. The summed E-state index contributed by atoms with van der Waals surface area (Å²) in [6.45, 7) is 0. The molecule has 0 saturated heterocycles. The van der Waals surface area contributed by atoms with Gasteiger partial charge in [-0.1, -0.05) is 0 Å². The van der Waals surface area contributed by atoms with Gasteiger partial charge in [-0.3, -0.25) is 0 Å². The van der Waals surface area contributed by atoms with Gasteiger partial charge in [-0.15, -0.1) is 0 Å². The van der Waals surface area contributed by atoms with Crippen LogP contribution in [0.3, 0.4) is 0 Å². The number of rotatable bonds is 4. The molecule has 0 heterocycles. The second-order valence-corrected chi connectivity index (χ2v) is 2.99. The van der Waals surface area contributed by atoms with Crippen molar-refractivity contribution in [3.63, 3.8) is 0 Å². The van der Waals surface area contributed by atoms with E-state index in [9.17, 15) is 4.79 Å².